The zero-order valence-corrected chi connectivity index (χ0v) is 18.6. The van der Waals surface area contributed by atoms with Gasteiger partial charge in [0.15, 0.2) is 0 Å². The van der Waals surface area contributed by atoms with Crippen molar-refractivity contribution in [2.24, 2.45) is 0 Å². The second-order valence-corrected chi connectivity index (χ2v) is 9.11. The van der Waals surface area contributed by atoms with Crippen LogP contribution in [0.5, 0.6) is 5.75 Å². The minimum atomic E-state index is -1.17. The fourth-order valence-corrected chi connectivity index (χ4v) is 5.49. The molecule has 0 bridgehead atoms. The van der Waals surface area contributed by atoms with Gasteiger partial charge in [-0.25, -0.2) is 4.21 Å². The second-order valence-electron chi connectivity index (χ2n) is 7.70. The van der Waals surface area contributed by atoms with Crippen LogP contribution < -0.4 is 10.2 Å². The average Bonchev–Trinajstić information content (AvgIpc) is 2.76. The predicted molar refractivity (Wildman–Crippen MR) is 123 cm³/mol. The molecule has 1 aliphatic rings. The Kier molecular flexibility index (Phi) is 5.93. The molecule has 0 fully saturated rings. The molecule has 4 nitrogen and oxygen atoms in total. The maximum atomic E-state index is 13.2. The number of benzene rings is 3. The summed E-state index contributed by atoms with van der Waals surface area (Å²) in [4.78, 5) is 4.02. The quantitative estimate of drug-likeness (QED) is 0.552. The van der Waals surface area contributed by atoms with E-state index in [1.54, 1.807) is 0 Å². The van der Waals surface area contributed by atoms with Crippen molar-refractivity contribution < 1.29 is 9.32 Å². The summed E-state index contributed by atoms with van der Waals surface area (Å²) in [7, 11) is -1.17. The second kappa shape index (κ2) is 8.62. The Morgan fingerprint density at radius 2 is 1.73 bits per heavy atom. The SMILES string of the molecule is CCc1cccc(CNCCN2c3ccccc3S(=O)c3ccc(C)c(C)c32)c1O. The highest BCUT2D eigenvalue weighted by Crippen LogP contribution is 2.44. The van der Waals surface area contributed by atoms with Gasteiger partial charge in [0.2, 0.25) is 0 Å². The normalized spacial score (nSPS) is 15.0. The Balaban J connectivity index is 1.57. The summed E-state index contributed by atoms with van der Waals surface area (Å²) in [6.07, 6.45) is 0.816. The number of phenols is 1. The van der Waals surface area contributed by atoms with Crippen molar-refractivity contribution in [2.75, 3.05) is 18.0 Å². The predicted octanol–water partition coefficient (Wildman–Crippen LogP) is 4.98. The Labute approximate surface area is 181 Å². The van der Waals surface area contributed by atoms with Gasteiger partial charge in [0.25, 0.3) is 0 Å². The molecular weight excluding hydrogens is 392 g/mol. The Bertz CT molecular complexity index is 1110. The van der Waals surface area contributed by atoms with E-state index in [1.165, 1.54) is 11.1 Å². The summed E-state index contributed by atoms with van der Waals surface area (Å²) in [5.41, 5.74) is 6.33. The van der Waals surface area contributed by atoms with E-state index >= 15 is 0 Å². The van der Waals surface area contributed by atoms with Gasteiger partial charge in [0.1, 0.15) is 5.75 Å². The first kappa shape index (κ1) is 20.6. The van der Waals surface area contributed by atoms with E-state index in [4.69, 9.17) is 0 Å². The molecule has 0 aromatic heterocycles. The average molecular weight is 421 g/mol. The molecule has 2 N–H and O–H groups in total. The molecule has 3 aromatic rings. The third kappa shape index (κ3) is 3.64. The van der Waals surface area contributed by atoms with Gasteiger partial charge in [-0.05, 0) is 55.2 Å². The standard InChI is InChI=1S/C25H28N2O2S/c1-4-19-8-7-9-20(25(19)28)16-26-14-15-27-21-10-5-6-11-22(21)30(29)23-13-12-17(2)18(3)24(23)27/h5-13,26,28H,4,14-16H2,1-3H3. The van der Waals surface area contributed by atoms with E-state index in [2.05, 4.69) is 36.2 Å². The first-order chi connectivity index (χ1) is 14.5. The zero-order valence-electron chi connectivity index (χ0n) is 17.7. The Morgan fingerprint density at radius 1 is 0.967 bits per heavy atom. The molecule has 0 radical (unpaired) electrons. The van der Waals surface area contributed by atoms with Gasteiger partial charge in [0.05, 0.1) is 32.0 Å². The highest BCUT2D eigenvalue weighted by Gasteiger charge is 2.29. The molecular formula is C25H28N2O2S. The number of rotatable bonds is 6. The molecule has 30 heavy (non-hydrogen) atoms. The molecule has 0 saturated carbocycles. The molecule has 5 heteroatoms. The summed E-state index contributed by atoms with van der Waals surface area (Å²) in [6, 6.07) is 17.9. The number of hydrogen-bond acceptors (Lipinski definition) is 4. The zero-order chi connectivity index (χ0) is 21.3. The Morgan fingerprint density at radius 3 is 2.53 bits per heavy atom. The van der Waals surface area contributed by atoms with Crippen LogP contribution in [0.2, 0.25) is 0 Å². The molecule has 0 aliphatic carbocycles. The summed E-state index contributed by atoms with van der Waals surface area (Å²) < 4.78 is 13.2. The summed E-state index contributed by atoms with van der Waals surface area (Å²) >= 11 is 0. The third-order valence-corrected chi connectivity index (χ3v) is 7.38. The fourth-order valence-electron chi connectivity index (χ4n) is 4.06. The molecule has 0 spiro atoms. The van der Waals surface area contributed by atoms with Gasteiger partial charge in [-0.15, -0.1) is 0 Å². The van der Waals surface area contributed by atoms with Crippen LogP contribution in [0.4, 0.5) is 11.4 Å². The minimum absolute atomic E-state index is 0.392. The molecule has 0 saturated heterocycles. The number of hydrogen-bond donors (Lipinski definition) is 2. The maximum Gasteiger partial charge on any atom is 0.123 e. The van der Waals surface area contributed by atoms with Gasteiger partial charge < -0.3 is 15.3 Å². The topological polar surface area (TPSA) is 52.6 Å². The number of aromatic hydroxyl groups is 1. The lowest BCUT2D eigenvalue weighted by Gasteiger charge is -2.34. The molecule has 4 rings (SSSR count). The number of nitrogens with one attached hydrogen (secondary N) is 1. The molecule has 1 heterocycles. The van der Waals surface area contributed by atoms with Crippen LogP contribution in [-0.2, 0) is 23.8 Å². The van der Waals surface area contributed by atoms with E-state index in [9.17, 15) is 9.32 Å². The molecule has 156 valence electrons. The summed E-state index contributed by atoms with van der Waals surface area (Å²) in [5, 5.41) is 13.9. The number of para-hydroxylation sites is 2. The highest BCUT2D eigenvalue weighted by molar-refractivity contribution is 7.85. The van der Waals surface area contributed by atoms with Gasteiger partial charge >= 0.3 is 0 Å². The van der Waals surface area contributed by atoms with Crippen LogP contribution in [0, 0.1) is 13.8 Å². The lowest BCUT2D eigenvalue weighted by atomic mass is 10.1. The van der Waals surface area contributed by atoms with E-state index < -0.39 is 10.8 Å². The van der Waals surface area contributed by atoms with E-state index in [0.717, 1.165) is 51.8 Å². The van der Waals surface area contributed by atoms with Crippen LogP contribution in [-0.4, -0.2) is 22.4 Å². The molecule has 1 aliphatic heterocycles. The molecule has 0 amide bonds. The lowest BCUT2D eigenvalue weighted by Crippen LogP contribution is -2.32. The van der Waals surface area contributed by atoms with E-state index in [1.807, 2.05) is 49.4 Å². The van der Waals surface area contributed by atoms with Crippen molar-refractivity contribution >= 4 is 22.2 Å². The van der Waals surface area contributed by atoms with E-state index in [-0.39, 0.29) is 0 Å². The number of nitrogens with zero attached hydrogens (tertiary/aromatic N) is 1. The minimum Gasteiger partial charge on any atom is -0.507 e. The largest absolute Gasteiger partial charge is 0.507 e. The van der Waals surface area contributed by atoms with Crippen molar-refractivity contribution in [1.82, 2.24) is 5.32 Å². The smallest absolute Gasteiger partial charge is 0.123 e. The van der Waals surface area contributed by atoms with E-state index in [0.29, 0.717) is 12.3 Å². The van der Waals surface area contributed by atoms with Crippen LogP contribution in [0.25, 0.3) is 0 Å². The van der Waals surface area contributed by atoms with Crippen molar-refractivity contribution in [1.29, 1.82) is 0 Å². The first-order valence-electron chi connectivity index (χ1n) is 10.4. The van der Waals surface area contributed by atoms with Crippen LogP contribution in [0.1, 0.15) is 29.2 Å². The van der Waals surface area contributed by atoms with Gasteiger partial charge in [0, 0.05) is 25.2 Å². The van der Waals surface area contributed by atoms with Gasteiger partial charge in [-0.2, -0.15) is 0 Å². The number of fused-ring (bicyclic) bond motifs is 2. The Hall–Kier alpha value is -2.63. The lowest BCUT2D eigenvalue weighted by molar-refractivity contribution is 0.458. The first-order valence-corrected chi connectivity index (χ1v) is 11.6. The number of aryl methyl sites for hydroxylation is 2. The van der Waals surface area contributed by atoms with Crippen molar-refractivity contribution in [3.8, 4) is 5.75 Å². The van der Waals surface area contributed by atoms with Crippen LogP contribution in [0.15, 0.2) is 64.4 Å². The van der Waals surface area contributed by atoms with Gasteiger partial charge in [-0.3, -0.25) is 0 Å². The van der Waals surface area contributed by atoms with Crippen LogP contribution >= 0.6 is 0 Å². The van der Waals surface area contributed by atoms with Crippen molar-refractivity contribution in [3.05, 3.63) is 76.9 Å². The monoisotopic (exact) mass is 420 g/mol. The van der Waals surface area contributed by atoms with Crippen LogP contribution in [0.3, 0.4) is 0 Å². The van der Waals surface area contributed by atoms with Crippen molar-refractivity contribution in [2.45, 2.75) is 43.5 Å². The highest BCUT2D eigenvalue weighted by atomic mass is 32.2. The summed E-state index contributed by atoms with van der Waals surface area (Å²) in [6.45, 7) is 8.35. The fraction of sp³-hybridized carbons (Fsp3) is 0.280. The molecule has 3 aromatic carbocycles. The third-order valence-electron chi connectivity index (χ3n) is 5.90. The maximum absolute atomic E-state index is 13.2. The number of phenolic OH excluding ortho intramolecular Hbond substituents is 1. The molecule has 1 unspecified atom stereocenters. The number of anilines is 2. The molecule has 1 atom stereocenters. The van der Waals surface area contributed by atoms with Crippen molar-refractivity contribution in [3.63, 3.8) is 0 Å². The van der Waals surface area contributed by atoms with Gasteiger partial charge in [-0.1, -0.05) is 43.3 Å². The summed E-state index contributed by atoms with van der Waals surface area (Å²) in [5.74, 6) is 0.392.